The van der Waals surface area contributed by atoms with Gasteiger partial charge in [-0.05, 0) is 28.4 Å². The zero-order valence-corrected chi connectivity index (χ0v) is 9.85. The molecule has 90 valence electrons. The molecule has 1 aromatic carbocycles. The van der Waals surface area contributed by atoms with E-state index in [0.717, 1.165) is 0 Å². The van der Waals surface area contributed by atoms with E-state index >= 15 is 0 Å². The Morgan fingerprint density at radius 2 is 2.00 bits per heavy atom. The molecule has 0 radical (unpaired) electrons. The molecule has 0 aromatic heterocycles. The van der Waals surface area contributed by atoms with E-state index in [-0.39, 0.29) is 12.2 Å². The van der Waals surface area contributed by atoms with Crippen LogP contribution in [0.1, 0.15) is 24.4 Å². The second kappa shape index (κ2) is 5.05. The van der Waals surface area contributed by atoms with E-state index in [0.29, 0.717) is 10.0 Å². The third kappa shape index (κ3) is 3.68. The minimum atomic E-state index is -4.22. The van der Waals surface area contributed by atoms with Gasteiger partial charge in [0.05, 0.1) is 4.47 Å². The van der Waals surface area contributed by atoms with Gasteiger partial charge in [0.1, 0.15) is 5.75 Å². The van der Waals surface area contributed by atoms with Crippen molar-refractivity contribution in [2.75, 3.05) is 0 Å². The number of halogens is 4. The van der Waals surface area contributed by atoms with Crippen LogP contribution in [0.2, 0.25) is 0 Å². The van der Waals surface area contributed by atoms with Crippen molar-refractivity contribution in [3.63, 3.8) is 0 Å². The molecule has 3 N–H and O–H groups in total. The molecule has 1 atom stereocenters. The van der Waals surface area contributed by atoms with E-state index in [2.05, 4.69) is 15.9 Å². The lowest BCUT2D eigenvalue weighted by Crippen LogP contribution is -2.15. The van der Waals surface area contributed by atoms with Crippen molar-refractivity contribution in [3.05, 3.63) is 28.2 Å². The number of phenols is 1. The minimum absolute atomic E-state index is 0.0998. The Kier molecular flexibility index (Phi) is 4.21. The fraction of sp³-hybridized carbons (Fsp3) is 0.400. The Bertz CT molecular complexity index is 368. The number of para-hydroxylation sites is 1. The van der Waals surface area contributed by atoms with Gasteiger partial charge in [-0.3, -0.25) is 0 Å². The maximum atomic E-state index is 12.0. The molecule has 0 heterocycles. The average Bonchev–Trinajstić information content (AvgIpc) is 2.17. The van der Waals surface area contributed by atoms with Crippen LogP contribution in [0, 0.1) is 0 Å². The first kappa shape index (κ1) is 13.3. The highest BCUT2D eigenvalue weighted by Crippen LogP contribution is 2.34. The molecule has 0 saturated carbocycles. The van der Waals surface area contributed by atoms with Crippen molar-refractivity contribution in [3.8, 4) is 5.75 Å². The lowest BCUT2D eigenvalue weighted by molar-refractivity contribution is -0.136. The number of aromatic hydroxyl groups is 1. The molecular weight excluding hydrogens is 287 g/mol. The molecule has 0 unspecified atom stereocenters. The van der Waals surface area contributed by atoms with Gasteiger partial charge in [0, 0.05) is 18.0 Å². The van der Waals surface area contributed by atoms with Gasteiger partial charge in [0.15, 0.2) is 0 Å². The van der Waals surface area contributed by atoms with Crippen LogP contribution in [0.3, 0.4) is 0 Å². The third-order valence-electron chi connectivity index (χ3n) is 2.16. The molecule has 1 aromatic rings. The van der Waals surface area contributed by atoms with Crippen LogP contribution in [0.15, 0.2) is 22.7 Å². The predicted octanol–water partition coefficient (Wildman–Crippen LogP) is 3.50. The molecule has 0 fully saturated rings. The van der Waals surface area contributed by atoms with Gasteiger partial charge in [-0.2, -0.15) is 13.2 Å². The van der Waals surface area contributed by atoms with Gasteiger partial charge in [-0.25, -0.2) is 0 Å². The van der Waals surface area contributed by atoms with Crippen molar-refractivity contribution in [1.29, 1.82) is 0 Å². The monoisotopic (exact) mass is 297 g/mol. The van der Waals surface area contributed by atoms with Crippen LogP contribution in [-0.4, -0.2) is 11.3 Å². The topological polar surface area (TPSA) is 46.2 Å². The summed E-state index contributed by atoms with van der Waals surface area (Å²) < 4.78 is 36.4. The summed E-state index contributed by atoms with van der Waals surface area (Å²) in [5.74, 6) is -0.0998. The number of phenolic OH excluding ortho intramolecular Hbond substituents is 1. The highest BCUT2D eigenvalue weighted by atomic mass is 79.9. The van der Waals surface area contributed by atoms with Gasteiger partial charge in [-0.15, -0.1) is 0 Å². The molecule has 0 spiro atoms. The number of rotatable bonds is 3. The van der Waals surface area contributed by atoms with Crippen molar-refractivity contribution in [2.45, 2.75) is 25.1 Å². The normalized spacial score (nSPS) is 13.8. The molecular formula is C10H11BrF3NO. The summed E-state index contributed by atoms with van der Waals surface area (Å²) in [6, 6.07) is 3.90. The first-order valence-corrected chi connectivity index (χ1v) is 5.40. The predicted molar refractivity (Wildman–Crippen MR) is 58.0 cm³/mol. The Labute approximate surface area is 99.4 Å². The molecule has 0 aliphatic rings. The molecule has 6 heteroatoms. The lowest BCUT2D eigenvalue weighted by atomic mass is 10.0. The molecule has 0 bridgehead atoms. The Morgan fingerprint density at radius 1 is 1.38 bits per heavy atom. The highest BCUT2D eigenvalue weighted by Gasteiger charge is 2.28. The number of hydrogen-bond donors (Lipinski definition) is 2. The van der Waals surface area contributed by atoms with E-state index in [1.165, 1.54) is 6.07 Å². The van der Waals surface area contributed by atoms with Crippen LogP contribution in [0.25, 0.3) is 0 Å². The zero-order chi connectivity index (χ0) is 12.3. The van der Waals surface area contributed by atoms with Crippen LogP contribution in [-0.2, 0) is 0 Å². The lowest BCUT2D eigenvalue weighted by Gasteiger charge is -2.15. The molecule has 1 rings (SSSR count). The zero-order valence-electron chi connectivity index (χ0n) is 8.26. The van der Waals surface area contributed by atoms with Crippen molar-refractivity contribution in [2.24, 2.45) is 5.73 Å². The summed E-state index contributed by atoms with van der Waals surface area (Å²) in [7, 11) is 0. The second-order valence-corrected chi connectivity index (χ2v) is 4.29. The summed E-state index contributed by atoms with van der Waals surface area (Å²) in [6.45, 7) is 0. The number of nitrogens with two attached hydrogens (primary N) is 1. The van der Waals surface area contributed by atoms with Crippen molar-refractivity contribution in [1.82, 2.24) is 0 Å². The number of alkyl halides is 3. The first-order chi connectivity index (χ1) is 7.31. The maximum Gasteiger partial charge on any atom is 0.389 e. The van der Waals surface area contributed by atoms with Crippen LogP contribution in [0.5, 0.6) is 5.75 Å². The van der Waals surface area contributed by atoms with Crippen LogP contribution < -0.4 is 5.73 Å². The highest BCUT2D eigenvalue weighted by molar-refractivity contribution is 9.10. The SMILES string of the molecule is N[C@H](CCC(F)(F)F)c1cccc(Br)c1O. The standard InChI is InChI=1S/C10H11BrF3NO/c11-7-3-1-2-6(9(7)16)8(15)4-5-10(12,13)14/h1-3,8,16H,4-5,15H2/t8-/m1/s1. The molecule has 0 aliphatic heterocycles. The number of hydrogen-bond acceptors (Lipinski definition) is 2. The summed E-state index contributed by atoms with van der Waals surface area (Å²) in [5.41, 5.74) is 5.91. The van der Waals surface area contributed by atoms with E-state index in [1.807, 2.05) is 0 Å². The Hall–Kier alpha value is -0.750. The van der Waals surface area contributed by atoms with E-state index < -0.39 is 18.6 Å². The summed E-state index contributed by atoms with van der Waals surface area (Å²) in [5, 5.41) is 9.59. The van der Waals surface area contributed by atoms with E-state index in [4.69, 9.17) is 5.73 Å². The summed E-state index contributed by atoms with van der Waals surface area (Å²) >= 11 is 3.08. The maximum absolute atomic E-state index is 12.0. The van der Waals surface area contributed by atoms with Crippen LogP contribution in [0.4, 0.5) is 13.2 Å². The average molecular weight is 298 g/mol. The Balaban J connectivity index is 2.73. The van der Waals surface area contributed by atoms with Gasteiger partial charge in [-0.1, -0.05) is 12.1 Å². The largest absolute Gasteiger partial charge is 0.506 e. The first-order valence-electron chi connectivity index (χ1n) is 4.61. The fourth-order valence-corrected chi connectivity index (χ4v) is 1.69. The summed E-state index contributed by atoms with van der Waals surface area (Å²) in [6.07, 6.45) is -5.42. The summed E-state index contributed by atoms with van der Waals surface area (Å²) in [4.78, 5) is 0. The Morgan fingerprint density at radius 3 is 2.56 bits per heavy atom. The minimum Gasteiger partial charge on any atom is -0.506 e. The number of benzene rings is 1. The molecule has 16 heavy (non-hydrogen) atoms. The second-order valence-electron chi connectivity index (χ2n) is 3.44. The molecule has 0 amide bonds. The van der Waals surface area contributed by atoms with Gasteiger partial charge in [0.2, 0.25) is 0 Å². The molecule has 0 aliphatic carbocycles. The van der Waals surface area contributed by atoms with Gasteiger partial charge < -0.3 is 10.8 Å². The van der Waals surface area contributed by atoms with Gasteiger partial charge in [0.25, 0.3) is 0 Å². The molecule has 2 nitrogen and oxygen atoms in total. The van der Waals surface area contributed by atoms with E-state index in [9.17, 15) is 18.3 Å². The van der Waals surface area contributed by atoms with Crippen LogP contribution >= 0.6 is 15.9 Å². The van der Waals surface area contributed by atoms with Gasteiger partial charge >= 0.3 is 6.18 Å². The van der Waals surface area contributed by atoms with Crippen molar-refractivity contribution >= 4 is 15.9 Å². The smallest absolute Gasteiger partial charge is 0.389 e. The van der Waals surface area contributed by atoms with E-state index in [1.54, 1.807) is 12.1 Å². The quantitative estimate of drug-likeness (QED) is 0.897. The van der Waals surface area contributed by atoms with Crippen molar-refractivity contribution < 1.29 is 18.3 Å². The fourth-order valence-electron chi connectivity index (χ4n) is 1.31. The molecule has 0 saturated heterocycles. The third-order valence-corrected chi connectivity index (χ3v) is 2.80.